The second kappa shape index (κ2) is 8.70. The van der Waals surface area contributed by atoms with Crippen LogP contribution in [0.15, 0.2) is 36.7 Å². The third-order valence-electron chi connectivity index (χ3n) is 4.03. The van der Waals surface area contributed by atoms with Crippen LogP contribution in [0.2, 0.25) is 0 Å². The number of ether oxygens (including phenoxy) is 1. The highest BCUT2D eigenvalue weighted by molar-refractivity contribution is 5.93. The van der Waals surface area contributed by atoms with E-state index in [4.69, 9.17) is 4.74 Å². The topological polar surface area (TPSA) is 68.2 Å². The molecule has 0 bridgehead atoms. The first-order valence-electron chi connectivity index (χ1n) is 7.91. The molecule has 130 valence electrons. The molecule has 1 aromatic heterocycles. The second-order valence-electron chi connectivity index (χ2n) is 5.79. The van der Waals surface area contributed by atoms with Gasteiger partial charge in [0.25, 0.3) is 5.91 Å². The van der Waals surface area contributed by atoms with Gasteiger partial charge in [0.15, 0.2) is 0 Å². The van der Waals surface area contributed by atoms with Gasteiger partial charge in [-0.2, -0.15) is 5.10 Å². The summed E-state index contributed by atoms with van der Waals surface area (Å²) in [5.74, 6) is 0.773. The lowest BCUT2D eigenvalue weighted by Gasteiger charge is -2.23. The van der Waals surface area contributed by atoms with E-state index >= 15 is 0 Å². The van der Waals surface area contributed by atoms with Gasteiger partial charge in [0, 0.05) is 18.8 Å². The van der Waals surface area contributed by atoms with Gasteiger partial charge in [0.05, 0.1) is 25.4 Å². The first kappa shape index (κ1) is 18.3. The molecule has 24 heavy (non-hydrogen) atoms. The predicted molar refractivity (Wildman–Crippen MR) is 94.9 cm³/mol. The van der Waals surface area contributed by atoms with E-state index in [-0.39, 0.29) is 24.4 Å². The lowest BCUT2D eigenvalue weighted by Crippen LogP contribution is -2.45. The summed E-state index contributed by atoms with van der Waals surface area (Å²) < 4.78 is 6.92. The minimum absolute atomic E-state index is 0. The quantitative estimate of drug-likeness (QED) is 0.863. The minimum atomic E-state index is -0.0559. The lowest BCUT2D eigenvalue weighted by molar-refractivity contribution is 0.0930. The molecular formula is C17H23ClN4O2. The van der Waals surface area contributed by atoms with Crippen molar-refractivity contribution in [2.45, 2.75) is 25.4 Å². The van der Waals surface area contributed by atoms with E-state index < -0.39 is 0 Å². The van der Waals surface area contributed by atoms with Gasteiger partial charge in [0.1, 0.15) is 5.75 Å². The van der Waals surface area contributed by atoms with Crippen LogP contribution < -0.4 is 15.4 Å². The van der Waals surface area contributed by atoms with Gasteiger partial charge in [-0.3, -0.25) is 9.48 Å². The van der Waals surface area contributed by atoms with Gasteiger partial charge < -0.3 is 15.4 Å². The normalized spacial score (nSPS) is 17.0. The van der Waals surface area contributed by atoms with Gasteiger partial charge in [-0.05, 0) is 37.1 Å². The van der Waals surface area contributed by atoms with Crippen LogP contribution >= 0.6 is 12.4 Å². The fourth-order valence-corrected chi connectivity index (χ4v) is 2.73. The highest BCUT2D eigenvalue weighted by Gasteiger charge is 2.17. The number of carbonyl (C=O) groups is 1. The number of methoxy groups -OCH3 is 1. The zero-order valence-electron chi connectivity index (χ0n) is 13.7. The number of rotatable bonds is 5. The molecule has 1 aliphatic rings. The van der Waals surface area contributed by atoms with Crippen molar-refractivity contribution in [1.29, 1.82) is 0 Å². The molecular weight excluding hydrogens is 328 g/mol. The molecule has 1 saturated heterocycles. The molecule has 1 atom stereocenters. The van der Waals surface area contributed by atoms with Gasteiger partial charge in [0.2, 0.25) is 0 Å². The summed E-state index contributed by atoms with van der Waals surface area (Å²) in [6.45, 7) is 2.50. The average Bonchev–Trinajstić information content (AvgIpc) is 3.05. The van der Waals surface area contributed by atoms with Crippen molar-refractivity contribution in [3.05, 3.63) is 47.8 Å². The van der Waals surface area contributed by atoms with E-state index in [1.54, 1.807) is 24.2 Å². The Bertz CT molecular complexity index is 651. The number of benzene rings is 1. The number of hydrogen-bond acceptors (Lipinski definition) is 4. The predicted octanol–water partition coefficient (Wildman–Crippen LogP) is 1.84. The Hall–Kier alpha value is -2.05. The third-order valence-corrected chi connectivity index (χ3v) is 4.03. The van der Waals surface area contributed by atoms with Crippen molar-refractivity contribution >= 4 is 18.3 Å². The molecule has 0 radical (unpaired) electrons. The molecule has 1 aromatic carbocycles. The number of nitrogens with one attached hydrogen (secondary N) is 2. The molecule has 0 aliphatic carbocycles. The summed E-state index contributed by atoms with van der Waals surface area (Å²) in [6, 6.07) is 8.04. The highest BCUT2D eigenvalue weighted by atomic mass is 35.5. The van der Waals surface area contributed by atoms with Crippen molar-refractivity contribution in [1.82, 2.24) is 20.4 Å². The third kappa shape index (κ3) is 4.72. The molecule has 1 aliphatic heterocycles. The SMILES string of the molecule is COc1ccc(Cn2cc(C(=O)N[C@H]3CCCNC3)cn2)cc1.Cl. The van der Waals surface area contributed by atoms with Gasteiger partial charge in [-0.15, -0.1) is 12.4 Å². The van der Waals surface area contributed by atoms with Crippen molar-refractivity contribution < 1.29 is 9.53 Å². The number of carbonyl (C=O) groups excluding carboxylic acids is 1. The molecule has 2 heterocycles. The van der Waals surface area contributed by atoms with Crippen LogP contribution in [0.25, 0.3) is 0 Å². The summed E-state index contributed by atoms with van der Waals surface area (Å²) in [4.78, 5) is 12.3. The monoisotopic (exact) mass is 350 g/mol. The van der Waals surface area contributed by atoms with Gasteiger partial charge >= 0.3 is 0 Å². The second-order valence-corrected chi connectivity index (χ2v) is 5.79. The van der Waals surface area contributed by atoms with E-state index in [1.165, 1.54) is 0 Å². The number of piperidine rings is 1. The van der Waals surface area contributed by atoms with E-state index in [1.807, 2.05) is 24.3 Å². The maximum Gasteiger partial charge on any atom is 0.254 e. The molecule has 0 unspecified atom stereocenters. The Morgan fingerprint density at radius 1 is 1.42 bits per heavy atom. The van der Waals surface area contributed by atoms with Crippen LogP contribution in [0, 0.1) is 0 Å². The molecule has 0 saturated carbocycles. The smallest absolute Gasteiger partial charge is 0.254 e. The summed E-state index contributed by atoms with van der Waals surface area (Å²) in [6.07, 6.45) is 5.53. The first-order valence-corrected chi connectivity index (χ1v) is 7.91. The Kier molecular flexibility index (Phi) is 6.63. The van der Waals surface area contributed by atoms with Crippen molar-refractivity contribution in [2.75, 3.05) is 20.2 Å². The van der Waals surface area contributed by atoms with Gasteiger partial charge in [-0.25, -0.2) is 0 Å². The number of halogens is 1. The maximum atomic E-state index is 12.3. The Morgan fingerprint density at radius 2 is 2.21 bits per heavy atom. The van der Waals surface area contributed by atoms with E-state index in [0.29, 0.717) is 12.1 Å². The molecule has 6 nitrogen and oxygen atoms in total. The average molecular weight is 351 g/mol. The zero-order valence-corrected chi connectivity index (χ0v) is 14.5. The Balaban J connectivity index is 0.00000208. The number of nitrogens with zero attached hydrogens (tertiary/aromatic N) is 2. The summed E-state index contributed by atoms with van der Waals surface area (Å²) in [5.41, 5.74) is 1.71. The standard InChI is InChI=1S/C17H22N4O2.ClH/c1-23-16-6-4-13(5-7-16)11-21-12-14(9-19-21)17(22)20-15-3-2-8-18-10-15;/h4-7,9,12,15,18H,2-3,8,10-11H2,1H3,(H,20,22);1H/t15-;/m0./s1. The molecule has 2 aromatic rings. The molecule has 3 rings (SSSR count). The number of amides is 1. The number of aromatic nitrogens is 2. The van der Waals surface area contributed by atoms with Crippen LogP contribution in [0.3, 0.4) is 0 Å². The van der Waals surface area contributed by atoms with Crippen LogP contribution in [0.5, 0.6) is 5.75 Å². The van der Waals surface area contributed by atoms with Gasteiger partial charge in [-0.1, -0.05) is 12.1 Å². The fourth-order valence-electron chi connectivity index (χ4n) is 2.73. The molecule has 2 N–H and O–H groups in total. The first-order chi connectivity index (χ1) is 11.2. The minimum Gasteiger partial charge on any atom is -0.497 e. The van der Waals surface area contributed by atoms with E-state index in [0.717, 1.165) is 37.2 Å². The highest BCUT2D eigenvalue weighted by Crippen LogP contribution is 2.12. The molecule has 0 spiro atoms. The van der Waals surface area contributed by atoms with E-state index in [2.05, 4.69) is 15.7 Å². The van der Waals surface area contributed by atoms with Crippen molar-refractivity contribution in [3.63, 3.8) is 0 Å². The summed E-state index contributed by atoms with van der Waals surface area (Å²) in [5, 5.41) is 10.6. The molecule has 7 heteroatoms. The zero-order chi connectivity index (χ0) is 16.1. The number of hydrogen-bond donors (Lipinski definition) is 2. The van der Waals surface area contributed by atoms with Crippen LogP contribution in [-0.4, -0.2) is 41.9 Å². The molecule has 1 fully saturated rings. The van der Waals surface area contributed by atoms with Crippen LogP contribution in [-0.2, 0) is 6.54 Å². The maximum absolute atomic E-state index is 12.3. The fraction of sp³-hybridized carbons (Fsp3) is 0.412. The molecule has 1 amide bonds. The summed E-state index contributed by atoms with van der Waals surface area (Å²) in [7, 11) is 1.65. The van der Waals surface area contributed by atoms with Crippen molar-refractivity contribution in [2.24, 2.45) is 0 Å². The largest absolute Gasteiger partial charge is 0.497 e. The van der Waals surface area contributed by atoms with Crippen LogP contribution in [0.4, 0.5) is 0 Å². The lowest BCUT2D eigenvalue weighted by atomic mass is 10.1. The Morgan fingerprint density at radius 3 is 2.88 bits per heavy atom. The van der Waals surface area contributed by atoms with Crippen LogP contribution in [0.1, 0.15) is 28.8 Å². The van der Waals surface area contributed by atoms with E-state index in [9.17, 15) is 4.79 Å². The summed E-state index contributed by atoms with van der Waals surface area (Å²) >= 11 is 0. The Labute approximate surface area is 148 Å². The van der Waals surface area contributed by atoms with Crippen molar-refractivity contribution in [3.8, 4) is 5.75 Å².